The second-order valence-electron chi connectivity index (χ2n) is 3.47. The third-order valence-electron chi connectivity index (χ3n) is 1.81. The summed E-state index contributed by atoms with van der Waals surface area (Å²) in [5, 5.41) is 8.68. The molecule has 0 aromatic carbocycles. The first-order valence-electron chi connectivity index (χ1n) is 3.84. The zero-order valence-corrected chi connectivity index (χ0v) is 7.06. The van der Waals surface area contributed by atoms with Crippen LogP contribution in [0.15, 0.2) is 12.7 Å². The molecule has 0 bridgehead atoms. The van der Waals surface area contributed by atoms with Gasteiger partial charge in [-0.3, -0.25) is 0 Å². The summed E-state index contributed by atoms with van der Waals surface area (Å²) in [4.78, 5) is 0. The van der Waals surface area contributed by atoms with Crippen LogP contribution in [0.5, 0.6) is 0 Å². The van der Waals surface area contributed by atoms with E-state index >= 15 is 0 Å². The van der Waals surface area contributed by atoms with Gasteiger partial charge in [0.15, 0.2) is 0 Å². The van der Waals surface area contributed by atoms with Crippen LogP contribution in [0, 0.1) is 5.41 Å². The van der Waals surface area contributed by atoms with Crippen molar-refractivity contribution >= 4 is 0 Å². The van der Waals surface area contributed by atoms with Crippen LogP contribution >= 0.6 is 0 Å². The van der Waals surface area contributed by atoms with Crippen LogP contribution in [0.3, 0.4) is 0 Å². The Morgan fingerprint density at radius 1 is 1.40 bits per heavy atom. The van der Waals surface area contributed by atoms with Crippen molar-refractivity contribution in [2.24, 2.45) is 5.41 Å². The summed E-state index contributed by atoms with van der Waals surface area (Å²) >= 11 is 0. The molecule has 0 aliphatic heterocycles. The van der Waals surface area contributed by atoms with Gasteiger partial charge in [-0.25, -0.2) is 0 Å². The summed E-state index contributed by atoms with van der Waals surface area (Å²) in [5.41, 5.74) is 0.281. The Kier molecular flexibility index (Phi) is 4.37. The van der Waals surface area contributed by atoms with E-state index in [0.29, 0.717) is 6.61 Å². The van der Waals surface area contributed by atoms with Crippen molar-refractivity contribution in [1.82, 2.24) is 0 Å². The van der Waals surface area contributed by atoms with Crippen molar-refractivity contribution in [2.45, 2.75) is 33.1 Å². The molecule has 0 amide bonds. The molecule has 0 aliphatic carbocycles. The van der Waals surface area contributed by atoms with E-state index in [-0.39, 0.29) is 5.41 Å². The van der Waals surface area contributed by atoms with Gasteiger partial charge in [0.05, 0.1) is 0 Å². The SMILES string of the molecule is C=CCCC(C)(C)CCO. The van der Waals surface area contributed by atoms with Gasteiger partial charge in [0, 0.05) is 6.61 Å². The lowest BCUT2D eigenvalue weighted by Crippen LogP contribution is -2.12. The van der Waals surface area contributed by atoms with E-state index < -0.39 is 0 Å². The van der Waals surface area contributed by atoms with Crippen LogP contribution in [0.2, 0.25) is 0 Å². The molecule has 0 unspecified atom stereocenters. The molecular formula is C9H18O. The van der Waals surface area contributed by atoms with E-state index in [0.717, 1.165) is 19.3 Å². The molecule has 0 radical (unpaired) electrons. The summed E-state index contributed by atoms with van der Waals surface area (Å²) in [6.45, 7) is 8.30. The molecule has 0 aromatic heterocycles. The Bertz CT molecular complexity index is 94.9. The van der Waals surface area contributed by atoms with Gasteiger partial charge in [-0.05, 0) is 24.7 Å². The molecule has 1 N–H and O–H groups in total. The third kappa shape index (κ3) is 4.57. The molecule has 0 atom stereocenters. The van der Waals surface area contributed by atoms with Gasteiger partial charge in [-0.2, -0.15) is 0 Å². The molecule has 0 heterocycles. The lowest BCUT2D eigenvalue weighted by Gasteiger charge is -2.22. The van der Waals surface area contributed by atoms with E-state index in [9.17, 15) is 0 Å². The van der Waals surface area contributed by atoms with Crippen molar-refractivity contribution < 1.29 is 5.11 Å². The van der Waals surface area contributed by atoms with E-state index in [2.05, 4.69) is 20.4 Å². The largest absolute Gasteiger partial charge is 0.396 e. The Morgan fingerprint density at radius 2 is 2.00 bits per heavy atom. The molecule has 1 nitrogen and oxygen atoms in total. The average molecular weight is 142 g/mol. The minimum absolute atomic E-state index is 0.281. The van der Waals surface area contributed by atoms with Crippen molar-refractivity contribution in [1.29, 1.82) is 0 Å². The highest BCUT2D eigenvalue weighted by Gasteiger charge is 2.14. The maximum Gasteiger partial charge on any atom is 0.0436 e. The van der Waals surface area contributed by atoms with Crippen LogP contribution in [0.4, 0.5) is 0 Å². The topological polar surface area (TPSA) is 20.2 Å². The summed E-state index contributed by atoms with van der Waals surface area (Å²) in [6, 6.07) is 0. The van der Waals surface area contributed by atoms with Crippen LogP contribution in [0.1, 0.15) is 33.1 Å². The predicted octanol–water partition coefficient (Wildman–Crippen LogP) is 2.36. The van der Waals surface area contributed by atoms with Crippen LogP contribution in [-0.4, -0.2) is 11.7 Å². The highest BCUT2D eigenvalue weighted by Crippen LogP contribution is 2.25. The quantitative estimate of drug-likeness (QED) is 0.584. The second kappa shape index (κ2) is 4.51. The minimum atomic E-state index is 0.281. The molecule has 1 heteroatoms. The molecule has 0 rings (SSSR count). The zero-order valence-electron chi connectivity index (χ0n) is 7.06. The van der Waals surface area contributed by atoms with Crippen LogP contribution < -0.4 is 0 Å². The van der Waals surface area contributed by atoms with Gasteiger partial charge in [0.25, 0.3) is 0 Å². The fourth-order valence-electron chi connectivity index (χ4n) is 0.920. The van der Waals surface area contributed by atoms with Gasteiger partial charge in [0.1, 0.15) is 0 Å². The maximum absolute atomic E-state index is 8.68. The van der Waals surface area contributed by atoms with Crippen LogP contribution in [-0.2, 0) is 0 Å². The minimum Gasteiger partial charge on any atom is -0.396 e. The average Bonchev–Trinajstić information content (AvgIpc) is 1.84. The number of aliphatic hydroxyl groups excluding tert-OH is 1. The molecule has 10 heavy (non-hydrogen) atoms. The van der Waals surface area contributed by atoms with Crippen molar-refractivity contribution in [3.8, 4) is 0 Å². The lowest BCUT2D eigenvalue weighted by atomic mass is 9.85. The fraction of sp³-hybridized carbons (Fsp3) is 0.778. The standard InChI is InChI=1S/C9H18O/c1-4-5-6-9(2,3)7-8-10/h4,10H,1,5-8H2,2-3H3. The van der Waals surface area contributed by atoms with Gasteiger partial charge in [-0.15, -0.1) is 6.58 Å². The molecule has 0 aromatic rings. The van der Waals surface area contributed by atoms with Crippen LogP contribution in [0.25, 0.3) is 0 Å². The number of aliphatic hydroxyl groups is 1. The summed E-state index contributed by atoms with van der Waals surface area (Å²) in [7, 11) is 0. The van der Waals surface area contributed by atoms with Gasteiger partial charge in [0.2, 0.25) is 0 Å². The highest BCUT2D eigenvalue weighted by atomic mass is 16.3. The highest BCUT2D eigenvalue weighted by molar-refractivity contribution is 4.74. The molecule has 0 aliphatic rings. The number of hydrogen-bond donors (Lipinski definition) is 1. The van der Waals surface area contributed by atoms with Gasteiger partial charge < -0.3 is 5.11 Å². The zero-order chi connectivity index (χ0) is 8.04. The monoisotopic (exact) mass is 142 g/mol. The molecule has 0 spiro atoms. The number of rotatable bonds is 5. The van der Waals surface area contributed by atoms with Crippen molar-refractivity contribution in [3.05, 3.63) is 12.7 Å². The Labute approximate surface area is 63.8 Å². The maximum atomic E-state index is 8.68. The second-order valence-corrected chi connectivity index (χ2v) is 3.47. The molecule has 0 fully saturated rings. The first kappa shape index (κ1) is 9.70. The summed E-state index contributed by atoms with van der Waals surface area (Å²) in [6.07, 6.45) is 4.99. The van der Waals surface area contributed by atoms with E-state index in [1.165, 1.54) is 0 Å². The van der Waals surface area contributed by atoms with E-state index in [1.54, 1.807) is 0 Å². The number of allylic oxidation sites excluding steroid dienone is 1. The van der Waals surface area contributed by atoms with Crippen molar-refractivity contribution in [2.75, 3.05) is 6.61 Å². The molecule has 0 saturated heterocycles. The normalized spacial score (nSPS) is 11.5. The Morgan fingerprint density at radius 3 is 2.40 bits per heavy atom. The number of hydrogen-bond acceptors (Lipinski definition) is 1. The lowest BCUT2D eigenvalue weighted by molar-refractivity contribution is 0.203. The molecule has 60 valence electrons. The van der Waals surface area contributed by atoms with E-state index in [1.807, 2.05) is 6.08 Å². The van der Waals surface area contributed by atoms with Gasteiger partial charge >= 0.3 is 0 Å². The summed E-state index contributed by atoms with van der Waals surface area (Å²) < 4.78 is 0. The Hall–Kier alpha value is -0.300. The van der Waals surface area contributed by atoms with Crippen molar-refractivity contribution in [3.63, 3.8) is 0 Å². The third-order valence-corrected chi connectivity index (χ3v) is 1.81. The first-order chi connectivity index (χ1) is 4.62. The summed E-state index contributed by atoms with van der Waals surface area (Å²) in [5.74, 6) is 0. The molecule has 0 saturated carbocycles. The first-order valence-corrected chi connectivity index (χ1v) is 3.84. The Balaban J connectivity index is 3.51. The van der Waals surface area contributed by atoms with E-state index in [4.69, 9.17) is 5.11 Å². The fourth-order valence-corrected chi connectivity index (χ4v) is 0.920. The van der Waals surface area contributed by atoms with Gasteiger partial charge in [-0.1, -0.05) is 19.9 Å². The molecular weight excluding hydrogens is 124 g/mol. The smallest absolute Gasteiger partial charge is 0.0436 e. The predicted molar refractivity (Wildman–Crippen MR) is 44.9 cm³/mol.